The first-order chi connectivity index (χ1) is 11.4. The first-order valence-corrected chi connectivity index (χ1v) is 8.83. The first kappa shape index (κ1) is 16.3. The number of sulfonamides is 1. The van der Waals surface area contributed by atoms with Gasteiger partial charge in [0.15, 0.2) is 5.58 Å². The van der Waals surface area contributed by atoms with Crippen molar-refractivity contribution < 1.29 is 17.9 Å². The van der Waals surface area contributed by atoms with E-state index in [0.29, 0.717) is 18.4 Å². The van der Waals surface area contributed by atoms with Gasteiger partial charge in [-0.15, -0.1) is 0 Å². The van der Waals surface area contributed by atoms with Crippen molar-refractivity contribution >= 4 is 21.1 Å². The third-order valence-corrected chi connectivity index (χ3v) is 5.03. The van der Waals surface area contributed by atoms with Crippen molar-refractivity contribution in [3.63, 3.8) is 0 Å². The van der Waals surface area contributed by atoms with Crippen LogP contribution in [0.25, 0.3) is 11.1 Å². The van der Waals surface area contributed by atoms with Crippen LogP contribution in [0.5, 0.6) is 5.75 Å². The monoisotopic (exact) mass is 348 g/mol. The molecule has 3 rings (SSSR count). The molecule has 0 radical (unpaired) electrons. The average molecular weight is 348 g/mol. The van der Waals surface area contributed by atoms with Crippen LogP contribution in [-0.2, 0) is 16.4 Å². The van der Waals surface area contributed by atoms with E-state index in [-0.39, 0.29) is 22.8 Å². The summed E-state index contributed by atoms with van der Waals surface area (Å²) in [6, 6.07) is 11.0. The summed E-state index contributed by atoms with van der Waals surface area (Å²) in [5.74, 6) is -0.423. The SMILES string of the molecule is O=c1[nH]c2ccc(S(=O)(=O)NCCCc3ccc(O)cc3)cc2o1. The van der Waals surface area contributed by atoms with E-state index in [1.165, 1.54) is 18.2 Å². The molecule has 0 saturated carbocycles. The van der Waals surface area contributed by atoms with Gasteiger partial charge in [0.1, 0.15) is 5.75 Å². The van der Waals surface area contributed by atoms with Gasteiger partial charge in [-0.1, -0.05) is 12.1 Å². The number of aromatic nitrogens is 1. The van der Waals surface area contributed by atoms with Crippen LogP contribution in [0.1, 0.15) is 12.0 Å². The Balaban J connectivity index is 1.62. The largest absolute Gasteiger partial charge is 0.508 e. The zero-order valence-electron chi connectivity index (χ0n) is 12.7. The smallest absolute Gasteiger partial charge is 0.417 e. The third kappa shape index (κ3) is 3.66. The number of H-pyrrole nitrogens is 1. The van der Waals surface area contributed by atoms with Gasteiger partial charge >= 0.3 is 5.76 Å². The van der Waals surface area contributed by atoms with Crippen molar-refractivity contribution in [2.24, 2.45) is 0 Å². The summed E-state index contributed by atoms with van der Waals surface area (Å²) in [7, 11) is -3.67. The van der Waals surface area contributed by atoms with Gasteiger partial charge in [0.25, 0.3) is 0 Å². The fourth-order valence-corrected chi connectivity index (χ4v) is 3.43. The van der Waals surface area contributed by atoms with Crippen molar-refractivity contribution in [1.82, 2.24) is 9.71 Å². The minimum Gasteiger partial charge on any atom is -0.508 e. The molecule has 0 aliphatic rings. The highest BCUT2D eigenvalue weighted by Gasteiger charge is 2.15. The maximum absolute atomic E-state index is 12.3. The summed E-state index contributed by atoms with van der Waals surface area (Å²) in [6.07, 6.45) is 1.31. The number of rotatable bonds is 6. The zero-order valence-corrected chi connectivity index (χ0v) is 13.5. The molecule has 0 atom stereocenters. The second-order valence-electron chi connectivity index (χ2n) is 5.34. The molecule has 0 aliphatic heterocycles. The number of aromatic hydroxyl groups is 1. The Morgan fingerprint density at radius 1 is 1.12 bits per heavy atom. The lowest BCUT2D eigenvalue weighted by Crippen LogP contribution is -2.25. The molecule has 0 spiro atoms. The summed E-state index contributed by atoms with van der Waals surface area (Å²) in [5.41, 5.74) is 1.67. The van der Waals surface area contributed by atoms with Gasteiger partial charge in [-0.2, -0.15) is 0 Å². The number of aromatic amines is 1. The zero-order chi connectivity index (χ0) is 17.2. The Labute approximate surface area is 138 Å². The van der Waals surface area contributed by atoms with Gasteiger partial charge in [0.2, 0.25) is 10.0 Å². The molecule has 1 heterocycles. The molecule has 0 unspecified atom stereocenters. The average Bonchev–Trinajstić information content (AvgIpc) is 2.92. The van der Waals surface area contributed by atoms with Gasteiger partial charge in [0.05, 0.1) is 10.4 Å². The molecule has 0 bridgehead atoms. The highest BCUT2D eigenvalue weighted by atomic mass is 32.2. The molecule has 24 heavy (non-hydrogen) atoms. The highest BCUT2D eigenvalue weighted by Crippen LogP contribution is 2.16. The predicted octanol–water partition coefficient (Wildman–Crippen LogP) is 1.74. The molecule has 0 amide bonds. The Kier molecular flexibility index (Phi) is 4.41. The van der Waals surface area contributed by atoms with E-state index in [0.717, 1.165) is 5.56 Å². The number of benzene rings is 2. The van der Waals surface area contributed by atoms with Crippen LogP contribution in [0.2, 0.25) is 0 Å². The van der Waals surface area contributed by atoms with Crippen LogP contribution >= 0.6 is 0 Å². The lowest BCUT2D eigenvalue weighted by molar-refractivity contribution is 0.475. The maximum atomic E-state index is 12.3. The molecule has 0 aliphatic carbocycles. The van der Waals surface area contributed by atoms with Gasteiger partial charge in [-0.3, -0.25) is 4.98 Å². The minimum atomic E-state index is -3.67. The van der Waals surface area contributed by atoms with E-state index >= 15 is 0 Å². The summed E-state index contributed by atoms with van der Waals surface area (Å²) < 4.78 is 31.9. The number of hydrogen-bond acceptors (Lipinski definition) is 5. The number of aryl methyl sites for hydroxylation is 1. The highest BCUT2D eigenvalue weighted by molar-refractivity contribution is 7.89. The number of oxazole rings is 1. The van der Waals surface area contributed by atoms with Gasteiger partial charge < -0.3 is 9.52 Å². The normalized spacial score (nSPS) is 11.8. The first-order valence-electron chi connectivity index (χ1n) is 7.34. The van der Waals surface area contributed by atoms with Crippen molar-refractivity contribution in [2.75, 3.05) is 6.54 Å². The number of nitrogens with one attached hydrogen (secondary N) is 2. The molecule has 7 nitrogen and oxygen atoms in total. The van der Waals surface area contributed by atoms with Crippen LogP contribution in [0, 0.1) is 0 Å². The van der Waals surface area contributed by atoms with E-state index in [9.17, 15) is 18.3 Å². The molecule has 3 aromatic rings. The molecule has 8 heteroatoms. The van der Waals surface area contributed by atoms with Crippen LogP contribution < -0.4 is 10.5 Å². The topological polar surface area (TPSA) is 112 Å². The Morgan fingerprint density at radius 2 is 1.88 bits per heavy atom. The van der Waals surface area contributed by atoms with Crippen LogP contribution in [0.4, 0.5) is 0 Å². The van der Waals surface area contributed by atoms with E-state index < -0.39 is 15.8 Å². The van der Waals surface area contributed by atoms with E-state index in [2.05, 4.69) is 9.71 Å². The summed E-state index contributed by atoms with van der Waals surface area (Å²) in [4.78, 5) is 13.6. The molecular formula is C16H16N2O5S. The predicted molar refractivity (Wildman–Crippen MR) is 88.5 cm³/mol. The summed E-state index contributed by atoms with van der Waals surface area (Å²) in [6.45, 7) is 0.276. The Hall–Kier alpha value is -2.58. The van der Waals surface area contributed by atoms with Gasteiger partial charge in [-0.05, 0) is 42.7 Å². The molecule has 0 saturated heterocycles. The van der Waals surface area contributed by atoms with Crippen molar-refractivity contribution in [3.8, 4) is 5.75 Å². The Morgan fingerprint density at radius 3 is 2.62 bits per heavy atom. The maximum Gasteiger partial charge on any atom is 0.417 e. The van der Waals surface area contributed by atoms with Gasteiger partial charge in [0, 0.05) is 12.6 Å². The number of hydrogen-bond donors (Lipinski definition) is 3. The van der Waals surface area contributed by atoms with Gasteiger partial charge in [-0.25, -0.2) is 17.9 Å². The Bertz CT molecular complexity index is 1000. The fraction of sp³-hybridized carbons (Fsp3) is 0.188. The third-order valence-electron chi connectivity index (χ3n) is 3.57. The molecule has 3 N–H and O–H groups in total. The van der Waals surface area contributed by atoms with E-state index in [4.69, 9.17) is 4.42 Å². The molecule has 2 aromatic carbocycles. The van der Waals surface area contributed by atoms with Crippen LogP contribution in [-0.4, -0.2) is 25.1 Å². The summed E-state index contributed by atoms with van der Waals surface area (Å²) in [5, 5.41) is 9.22. The molecule has 126 valence electrons. The number of phenols is 1. The van der Waals surface area contributed by atoms with Crippen LogP contribution in [0.3, 0.4) is 0 Å². The summed E-state index contributed by atoms with van der Waals surface area (Å²) >= 11 is 0. The molecule has 1 aromatic heterocycles. The fourth-order valence-electron chi connectivity index (χ4n) is 2.34. The lowest BCUT2D eigenvalue weighted by atomic mass is 10.1. The van der Waals surface area contributed by atoms with Crippen LogP contribution in [0.15, 0.2) is 56.6 Å². The molecular weight excluding hydrogens is 332 g/mol. The van der Waals surface area contributed by atoms with E-state index in [1.54, 1.807) is 24.3 Å². The number of fused-ring (bicyclic) bond motifs is 1. The second kappa shape index (κ2) is 6.50. The van der Waals surface area contributed by atoms with Crippen molar-refractivity contribution in [1.29, 1.82) is 0 Å². The van der Waals surface area contributed by atoms with Crippen molar-refractivity contribution in [2.45, 2.75) is 17.7 Å². The number of phenolic OH excluding ortho intramolecular Hbond substituents is 1. The quantitative estimate of drug-likeness (QED) is 0.587. The second-order valence-corrected chi connectivity index (χ2v) is 7.11. The lowest BCUT2D eigenvalue weighted by Gasteiger charge is -2.07. The van der Waals surface area contributed by atoms with E-state index in [1.807, 2.05) is 0 Å². The minimum absolute atomic E-state index is 0.0439. The molecule has 0 fully saturated rings. The van der Waals surface area contributed by atoms with Crippen molar-refractivity contribution in [3.05, 3.63) is 58.6 Å². The standard InChI is InChI=1S/C16H16N2O5S/c19-12-5-3-11(4-6-12)2-1-9-17-24(21,22)13-7-8-14-15(10-13)23-16(20)18-14/h3-8,10,17,19H,1-2,9H2,(H,18,20).